The molecule has 0 fully saturated rings. The quantitative estimate of drug-likeness (QED) is 0.889. The fraction of sp³-hybridized carbons (Fsp3) is 0.417. The van der Waals surface area contributed by atoms with E-state index in [1.165, 1.54) is 14.2 Å². The van der Waals surface area contributed by atoms with Gasteiger partial charge in [0.2, 0.25) is 0 Å². The molecule has 2 rings (SSSR count). The molecule has 0 radical (unpaired) electrons. The molecular weight excluding hydrogens is 316 g/mol. The summed E-state index contributed by atoms with van der Waals surface area (Å²) in [6, 6.07) is 2.49. The average Bonchev–Trinajstić information content (AvgIpc) is 2.88. The van der Waals surface area contributed by atoms with Crippen molar-refractivity contribution in [3.8, 4) is 0 Å². The van der Waals surface area contributed by atoms with Gasteiger partial charge in [-0.2, -0.15) is 0 Å². The Bertz CT molecular complexity index is 478. The number of halogens is 1. The van der Waals surface area contributed by atoms with Gasteiger partial charge in [0.15, 0.2) is 0 Å². The molecule has 1 unspecified atom stereocenters. The largest absolute Gasteiger partial charge is 0.309 e. The van der Waals surface area contributed by atoms with Gasteiger partial charge in [-0.05, 0) is 40.8 Å². The number of thiazole rings is 1. The normalized spacial score (nSPS) is 12.9. The topological polar surface area (TPSA) is 24.9 Å². The number of rotatable bonds is 5. The second kappa shape index (κ2) is 6.09. The zero-order chi connectivity index (χ0) is 12.3. The predicted molar refractivity (Wildman–Crippen MR) is 79.0 cm³/mol. The summed E-state index contributed by atoms with van der Waals surface area (Å²) in [7, 11) is 0. The molecule has 0 saturated heterocycles. The van der Waals surface area contributed by atoms with Crippen LogP contribution in [0.25, 0.3) is 0 Å². The van der Waals surface area contributed by atoms with E-state index >= 15 is 0 Å². The van der Waals surface area contributed by atoms with Crippen LogP contribution in [0.3, 0.4) is 0 Å². The van der Waals surface area contributed by atoms with E-state index in [0.29, 0.717) is 6.04 Å². The van der Waals surface area contributed by atoms with Gasteiger partial charge >= 0.3 is 0 Å². The highest BCUT2D eigenvalue weighted by atomic mass is 79.9. The van der Waals surface area contributed by atoms with Crippen molar-refractivity contribution in [2.45, 2.75) is 26.3 Å². The van der Waals surface area contributed by atoms with E-state index in [9.17, 15) is 0 Å². The number of hydrogen-bond acceptors (Lipinski definition) is 4. The van der Waals surface area contributed by atoms with Crippen molar-refractivity contribution in [2.75, 3.05) is 6.54 Å². The molecule has 0 amide bonds. The molecule has 2 aromatic rings. The second-order valence-electron chi connectivity index (χ2n) is 3.79. The molecule has 0 bridgehead atoms. The molecule has 2 heterocycles. The lowest BCUT2D eigenvalue weighted by Gasteiger charge is -2.15. The van der Waals surface area contributed by atoms with Crippen molar-refractivity contribution >= 4 is 38.6 Å². The Labute approximate surface area is 118 Å². The fourth-order valence-corrected chi connectivity index (χ4v) is 4.14. The number of aryl methyl sites for hydroxylation is 1. The smallest absolute Gasteiger partial charge is 0.0897 e. The van der Waals surface area contributed by atoms with Gasteiger partial charge < -0.3 is 5.32 Å². The molecule has 0 spiro atoms. The SMILES string of the molecule is CCNC(Cc1sccc1Br)c1cnc(C)s1. The molecule has 1 N–H and O–H groups in total. The van der Waals surface area contributed by atoms with Crippen molar-refractivity contribution in [3.05, 3.63) is 36.9 Å². The first kappa shape index (κ1) is 13.2. The van der Waals surface area contributed by atoms with Crippen LogP contribution in [0.1, 0.15) is 27.7 Å². The van der Waals surface area contributed by atoms with Crippen LogP contribution in [0.5, 0.6) is 0 Å². The minimum atomic E-state index is 0.376. The maximum absolute atomic E-state index is 4.34. The molecule has 2 nitrogen and oxygen atoms in total. The number of aromatic nitrogens is 1. The van der Waals surface area contributed by atoms with Crippen molar-refractivity contribution in [3.63, 3.8) is 0 Å². The fourth-order valence-electron chi connectivity index (χ4n) is 1.71. The maximum atomic E-state index is 4.34. The van der Waals surface area contributed by atoms with E-state index in [0.717, 1.165) is 18.0 Å². The third-order valence-electron chi connectivity index (χ3n) is 2.51. The van der Waals surface area contributed by atoms with Gasteiger partial charge in [-0.1, -0.05) is 6.92 Å². The van der Waals surface area contributed by atoms with Gasteiger partial charge in [-0.25, -0.2) is 4.98 Å². The first-order chi connectivity index (χ1) is 8.20. The van der Waals surface area contributed by atoms with Crippen LogP contribution in [-0.4, -0.2) is 11.5 Å². The van der Waals surface area contributed by atoms with Crippen molar-refractivity contribution in [1.29, 1.82) is 0 Å². The molecule has 0 aliphatic rings. The highest BCUT2D eigenvalue weighted by molar-refractivity contribution is 9.10. The molecular formula is C12H15BrN2S2. The summed E-state index contributed by atoms with van der Waals surface area (Å²) >= 11 is 7.18. The van der Waals surface area contributed by atoms with E-state index in [-0.39, 0.29) is 0 Å². The lowest BCUT2D eigenvalue weighted by Crippen LogP contribution is -2.21. The lowest BCUT2D eigenvalue weighted by atomic mass is 10.1. The van der Waals surface area contributed by atoms with Crippen LogP contribution < -0.4 is 5.32 Å². The minimum Gasteiger partial charge on any atom is -0.309 e. The summed E-state index contributed by atoms with van der Waals surface area (Å²) < 4.78 is 1.21. The molecule has 0 aliphatic heterocycles. The maximum Gasteiger partial charge on any atom is 0.0897 e. The van der Waals surface area contributed by atoms with Crippen molar-refractivity contribution in [2.24, 2.45) is 0 Å². The predicted octanol–water partition coefficient (Wildman–Crippen LogP) is 4.17. The molecule has 0 aromatic carbocycles. The highest BCUT2D eigenvalue weighted by Gasteiger charge is 2.15. The van der Waals surface area contributed by atoms with Crippen LogP contribution in [-0.2, 0) is 6.42 Å². The number of nitrogens with one attached hydrogen (secondary N) is 1. The molecule has 0 aliphatic carbocycles. The van der Waals surface area contributed by atoms with Crippen molar-refractivity contribution < 1.29 is 0 Å². The summed E-state index contributed by atoms with van der Waals surface area (Å²) in [5.41, 5.74) is 0. The third-order valence-corrected chi connectivity index (χ3v) is 5.49. The summed E-state index contributed by atoms with van der Waals surface area (Å²) in [5.74, 6) is 0. The molecule has 5 heteroatoms. The van der Waals surface area contributed by atoms with E-state index < -0.39 is 0 Å². The molecule has 92 valence electrons. The summed E-state index contributed by atoms with van der Waals surface area (Å²) in [4.78, 5) is 7.06. The lowest BCUT2D eigenvalue weighted by molar-refractivity contribution is 0.560. The molecule has 17 heavy (non-hydrogen) atoms. The zero-order valence-corrected chi connectivity index (χ0v) is 13.1. The van der Waals surface area contributed by atoms with Gasteiger partial charge in [-0.15, -0.1) is 22.7 Å². The van der Waals surface area contributed by atoms with E-state index in [1.54, 1.807) is 22.7 Å². The second-order valence-corrected chi connectivity index (χ2v) is 6.91. The Morgan fingerprint density at radius 3 is 2.88 bits per heavy atom. The highest BCUT2D eigenvalue weighted by Crippen LogP contribution is 2.30. The number of thiophene rings is 1. The van der Waals surface area contributed by atoms with E-state index in [4.69, 9.17) is 0 Å². The Hall–Kier alpha value is -0.230. The van der Waals surface area contributed by atoms with E-state index in [2.05, 4.69) is 51.5 Å². The van der Waals surface area contributed by atoms with Crippen LogP contribution >= 0.6 is 38.6 Å². The van der Waals surface area contributed by atoms with Crippen LogP contribution in [0.4, 0.5) is 0 Å². The summed E-state index contributed by atoms with van der Waals surface area (Å²) in [5, 5.41) is 6.79. The Balaban J connectivity index is 2.15. The Kier molecular flexibility index (Phi) is 4.73. The van der Waals surface area contributed by atoms with Crippen LogP contribution in [0.15, 0.2) is 22.1 Å². The summed E-state index contributed by atoms with van der Waals surface area (Å²) in [6.45, 7) is 5.17. The minimum absolute atomic E-state index is 0.376. The van der Waals surface area contributed by atoms with Gasteiger partial charge in [0, 0.05) is 32.9 Å². The molecule has 0 saturated carbocycles. The van der Waals surface area contributed by atoms with Crippen LogP contribution in [0, 0.1) is 6.92 Å². The third kappa shape index (κ3) is 3.37. The van der Waals surface area contributed by atoms with Gasteiger partial charge in [0.05, 0.1) is 5.01 Å². The first-order valence-corrected chi connectivity index (χ1v) is 8.07. The first-order valence-electron chi connectivity index (χ1n) is 5.58. The zero-order valence-electron chi connectivity index (χ0n) is 9.87. The molecule has 1 atom stereocenters. The number of hydrogen-bond donors (Lipinski definition) is 1. The standard InChI is InChI=1S/C12H15BrN2S2/c1-3-14-10(12-7-15-8(2)17-12)6-11-9(13)4-5-16-11/h4-5,7,10,14H,3,6H2,1-2H3. The van der Waals surface area contributed by atoms with Gasteiger partial charge in [0.1, 0.15) is 0 Å². The number of nitrogens with zero attached hydrogens (tertiary/aromatic N) is 1. The summed E-state index contributed by atoms with van der Waals surface area (Å²) in [6.07, 6.45) is 3.02. The van der Waals surface area contributed by atoms with Crippen LogP contribution in [0.2, 0.25) is 0 Å². The Morgan fingerprint density at radius 2 is 2.35 bits per heavy atom. The number of likely N-dealkylation sites (N-methyl/N-ethyl adjacent to an activating group) is 1. The van der Waals surface area contributed by atoms with Crippen molar-refractivity contribution in [1.82, 2.24) is 10.3 Å². The van der Waals surface area contributed by atoms with E-state index in [1.807, 2.05) is 6.20 Å². The molecule has 2 aromatic heterocycles. The Morgan fingerprint density at radius 1 is 1.53 bits per heavy atom. The van der Waals surface area contributed by atoms with Gasteiger partial charge in [-0.3, -0.25) is 0 Å². The van der Waals surface area contributed by atoms with Gasteiger partial charge in [0.25, 0.3) is 0 Å². The average molecular weight is 331 g/mol. The monoisotopic (exact) mass is 330 g/mol.